The van der Waals surface area contributed by atoms with E-state index in [0.717, 1.165) is 0 Å². The lowest BCUT2D eigenvalue weighted by molar-refractivity contribution is -0.190. The minimum Gasteiger partial charge on any atom is -0.497 e. The molecule has 0 aromatic heterocycles. The highest BCUT2D eigenvalue weighted by atomic mass is 16.6. The van der Waals surface area contributed by atoms with E-state index in [0.29, 0.717) is 11.3 Å². The fraction of sp³-hybridized carbons (Fsp3) is 0.389. The van der Waals surface area contributed by atoms with Crippen molar-refractivity contribution in [3.8, 4) is 5.75 Å². The maximum Gasteiger partial charge on any atom is 0.363 e. The molecule has 0 aliphatic carbocycles. The zero-order valence-electron chi connectivity index (χ0n) is 14.4. The van der Waals surface area contributed by atoms with Crippen LogP contribution in [0.1, 0.15) is 25.3 Å². The zero-order valence-corrected chi connectivity index (χ0v) is 14.4. The largest absolute Gasteiger partial charge is 0.497 e. The number of carbonyl (C=O) groups is 3. The van der Waals surface area contributed by atoms with E-state index in [1.807, 2.05) is 0 Å². The lowest BCUT2D eigenvalue weighted by Crippen LogP contribution is -2.52. The van der Waals surface area contributed by atoms with Crippen LogP contribution in [-0.4, -0.2) is 43.8 Å². The Balaban J connectivity index is 2.60. The molecule has 1 atom stereocenters. The van der Waals surface area contributed by atoms with Gasteiger partial charge in [-0.3, -0.25) is 0 Å². The molecule has 1 aromatic carbocycles. The van der Waals surface area contributed by atoms with Crippen LogP contribution in [0.15, 0.2) is 36.4 Å². The number of esters is 3. The average Bonchev–Trinajstić information content (AvgIpc) is 2.88. The number of hydrogen-bond acceptors (Lipinski definition) is 7. The second-order valence-corrected chi connectivity index (χ2v) is 5.30. The van der Waals surface area contributed by atoms with E-state index in [1.54, 1.807) is 38.1 Å². The Morgan fingerprint density at radius 3 is 2.08 bits per heavy atom. The third-order valence-corrected chi connectivity index (χ3v) is 3.88. The summed E-state index contributed by atoms with van der Waals surface area (Å²) >= 11 is 0. The van der Waals surface area contributed by atoms with Crippen LogP contribution in [0.5, 0.6) is 5.75 Å². The van der Waals surface area contributed by atoms with Crippen LogP contribution in [0.3, 0.4) is 0 Å². The van der Waals surface area contributed by atoms with Crippen LogP contribution in [0.4, 0.5) is 0 Å². The van der Waals surface area contributed by atoms with Gasteiger partial charge in [-0.2, -0.15) is 0 Å². The van der Waals surface area contributed by atoms with Crippen molar-refractivity contribution in [2.24, 2.45) is 0 Å². The molecule has 7 heteroatoms. The summed E-state index contributed by atoms with van der Waals surface area (Å²) in [6, 6.07) is 6.55. The van der Waals surface area contributed by atoms with E-state index in [1.165, 1.54) is 7.11 Å². The van der Waals surface area contributed by atoms with Gasteiger partial charge in [-0.25, -0.2) is 14.4 Å². The van der Waals surface area contributed by atoms with Crippen molar-refractivity contribution in [3.05, 3.63) is 42.0 Å². The van der Waals surface area contributed by atoms with Gasteiger partial charge in [0.1, 0.15) is 5.75 Å². The number of rotatable bonds is 6. The highest BCUT2D eigenvalue weighted by Crippen LogP contribution is 2.45. The molecule has 2 rings (SSSR count). The van der Waals surface area contributed by atoms with Gasteiger partial charge in [-0.1, -0.05) is 18.7 Å². The molecule has 0 radical (unpaired) electrons. The molecule has 1 fully saturated rings. The molecule has 0 bridgehead atoms. The SMILES string of the molecule is C=C1C(=O)OC(C(=O)OCC)(C(=O)OCC)[C@@H]1c1ccc(OC)cc1. The third kappa shape index (κ3) is 3.09. The Labute approximate surface area is 145 Å². The van der Waals surface area contributed by atoms with Crippen LogP contribution in [-0.2, 0) is 28.6 Å². The van der Waals surface area contributed by atoms with E-state index in [9.17, 15) is 14.4 Å². The van der Waals surface area contributed by atoms with Gasteiger partial charge >= 0.3 is 23.5 Å². The predicted octanol–water partition coefficient (Wildman–Crippen LogP) is 1.76. The normalized spacial score (nSPS) is 18.4. The van der Waals surface area contributed by atoms with Crippen LogP contribution >= 0.6 is 0 Å². The van der Waals surface area contributed by atoms with Crippen LogP contribution in [0.2, 0.25) is 0 Å². The van der Waals surface area contributed by atoms with Crippen molar-refractivity contribution < 1.29 is 33.3 Å². The molecule has 1 aromatic rings. The van der Waals surface area contributed by atoms with Crippen LogP contribution in [0, 0.1) is 0 Å². The fourth-order valence-electron chi connectivity index (χ4n) is 2.75. The molecule has 0 unspecified atom stereocenters. The van der Waals surface area contributed by atoms with E-state index in [2.05, 4.69) is 6.58 Å². The lowest BCUT2D eigenvalue weighted by atomic mass is 9.79. The number of methoxy groups -OCH3 is 1. The van der Waals surface area contributed by atoms with Gasteiger partial charge < -0.3 is 18.9 Å². The molecule has 0 amide bonds. The summed E-state index contributed by atoms with van der Waals surface area (Å²) in [6.45, 7) is 6.90. The van der Waals surface area contributed by atoms with Gasteiger partial charge in [0.2, 0.25) is 0 Å². The first kappa shape index (κ1) is 18.5. The van der Waals surface area contributed by atoms with Crippen molar-refractivity contribution in [2.45, 2.75) is 25.4 Å². The summed E-state index contributed by atoms with van der Waals surface area (Å²) in [6.07, 6.45) is 0. The summed E-state index contributed by atoms with van der Waals surface area (Å²) < 4.78 is 20.3. The van der Waals surface area contributed by atoms with Crippen LogP contribution < -0.4 is 4.74 Å². The molecule has 25 heavy (non-hydrogen) atoms. The van der Waals surface area contributed by atoms with E-state index < -0.39 is 29.4 Å². The smallest absolute Gasteiger partial charge is 0.363 e. The first-order valence-corrected chi connectivity index (χ1v) is 7.82. The summed E-state index contributed by atoms with van der Waals surface area (Å²) in [5.74, 6) is -3.29. The highest BCUT2D eigenvalue weighted by molar-refractivity contribution is 6.13. The first-order valence-electron chi connectivity index (χ1n) is 7.82. The predicted molar refractivity (Wildman–Crippen MR) is 87.0 cm³/mol. The fourth-order valence-corrected chi connectivity index (χ4v) is 2.75. The molecule has 0 saturated carbocycles. The molecule has 1 aliphatic rings. The third-order valence-electron chi connectivity index (χ3n) is 3.88. The molecule has 1 heterocycles. The quantitative estimate of drug-likeness (QED) is 0.335. The summed E-state index contributed by atoms with van der Waals surface area (Å²) in [5, 5.41) is 0. The topological polar surface area (TPSA) is 88.1 Å². The van der Waals surface area contributed by atoms with Gasteiger partial charge in [0.25, 0.3) is 0 Å². The van der Waals surface area contributed by atoms with Crippen molar-refractivity contribution >= 4 is 17.9 Å². The minimum atomic E-state index is -2.24. The molecule has 1 aliphatic heterocycles. The second kappa shape index (κ2) is 7.38. The van der Waals surface area contributed by atoms with Gasteiger partial charge in [-0.05, 0) is 31.5 Å². The van der Waals surface area contributed by atoms with Gasteiger partial charge in [0.15, 0.2) is 0 Å². The number of carbonyl (C=O) groups excluding carboxylic acids is 3. The van der Waals surface area contributed by atoms with E-state index in [-0.39, 0.29) is 18.8 Å². The van der Waals surface area contributed by atoms with Gasteiger partial charge in [0, 0.05) is 5.57 Å². The number of cyclic esters (lactones) is 1. The Kier molecular flexibility index (Phi) is 5.46. The van der Waals surface area contributed by atoms with Crippen LogP contribution in [0.25, 0.3) is 0 Å². The van der Waals surface area contributed by atoms with Crippen molar-refractivity contribution in [2.75, 3.05) is 20.3 Å². The summed E-state index contributed by atoms with van der Waals surface area (Å²) in [7, 11) is 1.51. The minimum absolute atomic E-state index is 0.0132. The first-order chi connectivity index (χ1) is 11.9. The van der Waals surface area contributed by atoms with E-state index in [4.69, 9.17) is 18.9 Å². The van der Waals surface area contributed by atoms with Crippen molar-refractivity contribution in [3.63, 3.8) is 0 Å². The van der Waals surface area contributed by atoms with Crippen molar-refractivity contribution in [1.82, 2.24) is 0 Å². The Morgan fingerprint density at radius 2 is 1.64 bits per heavy atom. The molecule has 1 saturated heterocycles. The standard InChI is InChI=1S/C18H20O7/c1-5-23-16(20)18(17(21)24-6-2)14(11(3)15(19)25-18)12-7-9-13(22-4)10-8-12/h7-10,14H,3,5-6H2,1-2,4H3/t14-/m0/s1. The van der Waals surface area contributed by atoms with E-state index >= 15 is 0 Å². The Bertz CT molecular complexity index is 672. The molecule has 0 spiro atoms. The second-order valence-electron chi connectivity index (χ2n) is 5.30. The molecular formula is C18H20O7. The Morgan fingerprint density at radius 1 is 1.12 bits per heavy atom. The molecule has 134 valence electrons. The number of benzene rings is 1. The molecule has 0 N–H and O–H groups in total. The number of hydrogen-bond donors (Lipinski definition) is 0. The lowest BCUT2D eigenvalue weighted by Gasteiger charge is -2.28. The van der Waals surface area contributed by atoms with Crippen molar-refractivity contribution in [1.29, 1.82) is 0 Å². The highest BCUT2D eigenvalue weighted by Gasteiger charge is 2.65. The summed E-state index contributed by atoms with van der Waals surface area (Å²) in [5.41, 5.74) is -1.78. The zero-order chi connectivity index (χ0) is 18.6. The van der Waals surface area contributed by atoms with Gasteiger partial charge in [0.05, 0.1) is 26.2 Å². The molecular weight excluding hydrogens is 328 g/mol. The maximum absolute atomic E-state index is 12.6. The van der Waals surface area contributed by atoms with Gasteiger partial charge in [-0.15, -0.1) is 0 Å². The maximum atomic E-state index is 12.6. The monoisotopic (exact) mass is 348 g/mol. The molecule has 7 nitrogen and oxygen atoms in total. The number of ether oxygens (including phenoxy) is 4. The Hall–Kier alpha value is -2.83. The average molecular weight is 348 g/mol. The summed E-state index contributed by atoms with van der Waals surface area (Å²) in [4.78, 5) is 37.4.